The minimum absolute atomic E-state index is 0.0142. The van der Waals surface area contributed by atoms with Gasteiger partial charge in [-0.2, -0.15) is 0 Å². The second kappa shape index (κ2) is 3.66. The van der Waals surface area contributed by atoms with Gasteiger partial charge in [0.2, 0.25) is 0 Å². The predicted molar refractivity (Wildman–Crippen MR) is 44.3 cm³/mol. The number of nitrogens with two attached hydrogens (primary N) is 1. The number of likely N-dealkylation sites (tertiary alicyclic amines) is 1. The van der Waals surface area contributed by atoms with Crippen molar-refractivity contribution in [2.75, 3.05) is 19.6 Å². The van der Waals surface area contributed by atoms with Gasteiger partial charge in [-0.25, -0.2) is 8.78 Å². The van der Waals surface area contributed by atoms with Crippen LogP contribution in [0.5, 0.6) is 0 Å². The Hall–Kier alpha value is -0.220. The lowest BCUT2D eigenvalue weighted by atomic mass is 10.1. The van der Waals surface area contributed by atoms with Gasteiger partial charge in [0.1, 0.15) is 0 Å². The van der Waals surface area contributed by atoms with Gasteiger partial charge in [0, 0.05) is 38.5 Å². The standard InChI is InChI=1S/C8H16F2N2/c1-7(11)6-12-4-2-8(9,10)3-5-12/h7H,2-6,11H2,1H3/t7-/m1/s1. The minimum Gasteiger partial charge on any atom is -0.327 e. The second-order valence-corrected chi connectivity index (χ2v) is 3.63. The summed E-state index contributed by atoms with van der Waals surface area (Å²) in [6.45, 7) is 3.59. The van der Waals surface area contributed by atoms with Crippen LogP contribution in [0.25, 0.3) is 0 Å². The lowest BCUT2D eigenvalue weighted by Crippen LogP contribution is -2.44. The average molecular weight is 178 g/mol. The van der Waals surface area contributed by atoms with Crippen LogP contribution in [0.3, 0.4) is 0 Å². The number of nitrogens with zero attached hydrogens (tertiary/aromatic N) is 1. The molecule has 0 saturated carbocycles. The van der Waals surface area contributed by atoms with Crippen LogP contribution in [-0.2, 0) is 0 Å². The maximum absolute atomic E-state index is 12.7. The summed E-state index contributed by atoms with van der Waals surface area (Å²) in [5.74, 6) is -2.44. The molecule has 12 heavy (non-hydrogen) atoms. The van der Waals surface area contributed by atoms with Crippen LogP contribution in [0.2, 0.25) is 0 Å². The fraction of sp³-hybridized carbons (Fsp3) is 1.00. The number of hydrogen-bond donors (Lipinski definition) is 1. The van der Waals surface area contributed by atoms with E-state index in [2.05, 4.69) is 0 Å². The topological polar surface area (TPSA) is 29.3 Å². The first-order chi connectivity index (χ1) is 5.49. The zero-order chi connectivity index (χ0) is 9.19. The molecule has 2 N–H and O–H groups in total. The predicted octanol–water partition coefficient (Wildman–Crippen LogP) is 1.06. The van der Waals surface area contributed by atoms with Gasteiger partial charge in [0.25, 0.3) is 5.92 Å². The van der Waals surface area contributed by atoms with Crippen molar-refractivity contribution in [3.05, 3.63) is 0 Å². The zero-order valence-electron chi connectivity index (χ0n) is 7.39. The van der Waals surface area contributed by atoms with Crippen molar-refractivity contribution < 1.29 is 8.78 Å². The molecule has 1 atom stereocenters. The maximum atomic E-state index is 12.7. The van der Waals surface area contributed by atoms with Crippen LogP contribution in [0.15, 0.2) is 0 Å². The van der Waals surface area contributed by atoms with Crippen LogP contribution >= 0.6 is 0 Å². The first-order valence-corrected chi connectivity index (χ1v) is 4.35. The van der Waals surface area contributed by atoms with Crippen molar-refractivity contribution in [3.63, 3.8) is 0 Å². The van der Waals surface area contributed by atoms with Gasteiger partial charge in [-0.05, 0) is 6.92 Å². The summed E-state index contributed by atoms with van der Waals surface area (Å²) >= 11 is 0. The van der Waals surface area contributed by atoms with Crippen LogP contribution in [-0.4, -0.2) is 36.5 Å². The van der Waals surface area contributed by atoms with Gasteiger partial charge in [-0.3, -0.25) is 0 Å². The average Bonchev–Trinajstić information content (AvgIpc) is 1.93. The highest BCUT2D eigenvalue weighted by Crippen LogP contribution is 2.27. The molecule has 0 aliphatic carbocycles. The number of alkyl halides is 2. The molecule has 1 rings (SSSR count). The molecule has 0 amide bonds. The van der Waals surface area contributed by atoms with Crippen LogP contribution in [0, 0.1) is 0 Å². The SMILES string of the molecule is C[C@@H](N)CN1CCC(F)(F)CC1. The highest BCUT2D eigenvalue weighted by atomic mass is 19.3. The van der Waals surface area contributed by atoms with Crippen molar-refractivity contribution >= 4 is 0 Å². The normalized spacial score (nSPS) is 27.0. The molecule has 0 aromatic rings. The lowest BCUT2D eigenvalue weighted by molar-refractivity contribution is -0.0556. The maximum Gasteiger partial charge on any atom is 0.250 e. The van der Waals surface area contributed by atoms with E-state index in [1.807, 2.05) is 11.8 Å². The molecule has 2 nitrogen and oxygen atoms in total. The third-order valence-electron chi connectivity index (χ3n) is 2.13. The van der Waals surface area contributed by atoms with Crippen LogP contribution in [0.1, 0.15) is 19.8 Å². The molecule has 0 unspecified atom stereocenters. The van der Waals surface area contributed by atoms with E-state index < -0.39 is 5.92 Å². The van der Waals surface area contributed by atoms with Crippen molar-refractivity contribution in [2.24, 2.45) is 5.73 Å². The van der Waals surface area contributed by atoms with Crippen molar-refractivity contribution in [1.29, 1.82) is 0 Å². The third-order valence-corrected chi connectivity index (χ3v) is 2.13. The van der Waals surface area contributed by atoms with Gasteiger partial charge in [0.05, 0.1) is 0 Å². The summed E-state index contributed by atoms with van der Waals surface area (Å²) in [6.07, 6.45) is -0.0283. The first-order valence-electron chi connectivity index (χ1n) is 4.35. The van der Waals surface area contributed by atoms with Gasteiger partial charge >= 0.3 is 0 Å². The van der Waals surface area contributed by atoms with Crippen molar-refractivity contribution in [1.82, 2.24) is 4.90 Å². The summed E-state index contributed by atoms with van der Waals surface area (Å²) < 4.78 is 25.3. The second-order valence-electron chi connectivity index (χ2n) is 3.63. The molecule has 72 valence electrons. The van der Waals surface area contributed by atoms with E-state index in [1.54, 1.807) is 0 Å². The third kappa shape index (κ3) is 3.03. The van der Waals surface area contributed by atoms with Crippen LogP contribution in [0.4, 0.5) is 8.78 Å². The summed E-state index contributed by atoms with van der Waals surface area (Å²) in [5.41, 5.74) is 5.56. The molecule has 0 aromatic heterocycles. The molecule has 4 heteroatoms. The quantitative estimate of drug-likeness (QED) is 0.685. The summed E-state index contributed by atoms with van der Waals surface area (Å²) in [7, 11) is 0. The molecule has 1 aliphatic rings. The highest BCUT2D eigenvalue weighted by Gasteiger charge is 2.33. The Kier molecular flexibility index (Phi) is 3.01. The minimum atomic E-state index is -2.44. The summed E-state index contributed by atoms with van der Waals surface area (Å²) in [4.78, 5) is 2.00. The summed E-state index contributed by atoms with van der Waals surface area (Å²) in [6, 6.07) is 0.0803. The Balaban J connectivity index is 2.27. The number of rotatable bonds is 2. The molecule has 1 heterocycles. The van der Waals surface area contributed by atoms with E-state index in [0.29, 0.717) is 13.1 Å². The molecule has 0 aromatic carbocycles. The Morgan fingerprint density at radius 1 is 1.42 bits per heavy atom. The largest absolute Gasteiger partial charge is 0.327 e. The van der Waals surface area contributed by atoms with E-state index in [4.69, 9.17) is 5.73 Å². The fourth-order valence-electron chi connectivity index (χ4n) is 1.47. The van der Waals surface area contributed by atoms with Gasteiger partial charge in [0.15, 0.2) is 0 Å². The molecule has 0 spiro atoms. The Labute approximate surface area is 71.7 Å². The van der Waals surface area contributed by atoms with E-state index in [-0.39, 0.29) is 18.9 Å². The van der Waals surface area contributed by atoms with Gasteiger partial charge in [-0.1, -0.05) is 0 Å². The molecular formula is C8H16F2N2. The monoisotopic (exact) mass is 178 g/mol. The number of piperidine rings is 1. The smallest absolute Gasteiger partial charge is 0.250 e. The Morgan fingerprint density at radius 3 is 2.33 bits per heavy atom. The fourth-order valence-corrected chi connectivity index (χ4v) is 1.47. The van der Waals surface area contributed by atoms with E-state index in [0.717, 1.165) is 6.54 Å². The highest BCUT2D eigenvalue weighted by molar-refractivity contribution is 4.78. The molecule has 0 radical (unpaired) electrons. The summed E-state index contributed by atoms with van der Waals surface area (Å²) in [5, 5.41) is 0. The van der Waals surface area contributed by atoms with Crippen LogP contribution < -0.4 is 5.73 Å². The number of hydrogen-bond acceptors (Lipinski definition) is 2. The van der Waals surface area contributed by atoms with Crippen molar-refractivity contribution in [3.8, 4) is 0 Å². The van der Waals surface area contributed by atoms with E-state index in [1.165, 1.54) is 0 Å². The van der Waals surface area contributed by atoms with Gasteiger partial charge < -0.3 is 10.6 Å². The first kappa shape index (κ1) is 9.86. The number of halogens is 2. The van der Waals surface area contributed by atoms with Gasteiger partial charge in [-0.15, -0.1) is 0 Å². The molecule has 1 aliphatic heterocycles. The molecule has 1 fully saturated rings. The van der Waals surface area contributed by atoms with E-state index >= 15 is 0 Å². The zero-order valence-corrected chi connectivity index (χ0v) is 7.39. The molecule has 0 bridgehead atoms. The van der Waals surface area contributed by atoms with E-state index in [9.17, 15) is 8.78 Å². The molecule has 1 saturated heterocycles. The Bertz CT molecular complexity index is 138. The Morgan fingerprint density at radius 2 is 1.92 bits per heavy atom. The molecular weight excluding hydrogens is 162 g/mol. The lowest BCUT2D eigenvalue weighted by Gasteiger charge is -2.32. The van der Waals surface area contributed by atoms with Crippen molar-refractivity contribution in [2.45, 2.75) is 31.7 Å².